The lowest BCUT2D eigenvalue weighted by molar-refractivity contribution is 0.491. The zero-order valence-corrected chi connectivity index (χ0v) is 17.5. The van der Waals surface area contributed by atoms with Crippen LogP contribution in [0.5, 0.6) is 10.8 Å². The predicted molar refractivity (Wildman–Crippen MR) is 115 cm³/mol. The molecule has 5 nitrogen and oxygen atoms in total. The third-order valence-electron chi connectivity index (χ3n) is 4.46. The number of aromatic nitrogens is 1. The molecule has 1 heterocycles. The molecular formula is C22H21FN4OS. The van der Waals surface area contributed by atoms with Crippen LogP contribution >= 0.6 is 11.5 Å². The number of ether oxygens (including phenoxy) is 1. The normalized spacial score (nSPS) is 10.9. The van der Waals surface area contributed by atoms with Gasteiger partial charge in [-0.1, -0.05) is 12.1 Å². The maximum absolute atomic E-state index is 13.6. The van der Waals surface area contributed by atoms with E-state index in [0.29, 0.717) is 27.6 Å². The van der Waals surface area contributed by atoms with E-state index >= 15 is 0 Å². The fraction of sp³-hybridized carbons (Fsp3) is 0.227. The number of hydrogen-bond donors (Lipinski definition) is 0. The molecule has 0 radical (unpaired) electrons. The fourth-order valence-corrected chi connectivity index (χ4v) is 3.37. The second-order valence-electron chi connectivity index (χ2n) is 6.64. The zero-order chi connectivity index (χ0) is 21.0. The molecule has 0 fully saturated rings. The van der Waals surface area contributed by atoms with Crippen LogP contribution in [-0.4, -0.2) is 29.2 Å². The highest BCUT2D eigenvalue weighted by Gasteiger charge is 2.18. The molecule has 0 bridgehead atoms. The van der Waals surface area contributed by atoms with Crippen molar-refractivity contribution in [3.63, 3.8) is 0 Å². The summed E-state index contributed by atoms with van der Waals surface area (Å²) in [6.45, 7) is 6.82. The molecule has 0 spiro atoms. The molecular weight excluding hydrogens is 387 g/mol. The molecule has 0 unspecified atom stereocenters. The molecule has 0 saturated carbocycles. The average molecular weight is 409 g/mol. The Morgan fingerprint density at radius 2 is 2.07 bits per heavy atom. The number of benzene rings is 2. The minimum absolute atomic E-state index is 0.296. The van der Waals surface area contributed by atoms with Crippen LogP contribution in [0.3, 0.4) is 0 Å². The topological polar surface area (TPSA) is 61.5 Å². The smallest absolute Gasteiger partial charge is 0.218 e. The second kappa shape index (κ2) is 8.84. The highest BCUT2D eigenvalue weighted by Crippen LogP contribution is 2.38. The van der Waals surface area contributed by atoms with Gasteiger partial charge in [0.15, 0.2) is 0 Å². The van der Waals surface area contributed by atoms with Gasteiger partial charge in [0.1, 0.15) is 28.9 Å². The van der Waals surface area contributed by atoms with Gasteiger partial charge in [-0.2, -0.15) is 9.64 Å². The lowest BCUT2D eigenvalue weighted by Crippen LogP contribution is -2.14. The first-order chi connectivity index (χ1) is 13.9. The first kappa shape index (κ1) is 20.5. The van der Waals surface area contributed by atoms with Crippen LogP contribution in [-0.2, 0) is 0 Å². The highest BCUT2D eigenvalue weighted by atomic mass is 32.1. The van der Waals surface area contributed by atoms with Gasteiger partial charge in [-0.3, -0.25) is 0 Å². The predicted octanol–water partition coefficient (Wildman–Crippen LogP) is 5.84. The maximum atomic E-state index is 13.6. The lowest BCUT2D eigenvalue weighted by Gasteiger charge is -2.12. The zero-order valence-electron chi connectivity index (χ0n) is 16.7. The van der Waals surface area contributed by atoms with Crippen LogP contribution in [0.1, 0.15) is 23.6 Å². The fourth-order valence-electron chi connectivity index (χ4n) is 2.64. The van der Waals surface area contributed by atoms with Gasteiger partial charge in [-0.15, -0.1) is 0 Å². The number of halogens is 1. The summed E-state index contributed by atoms with van der Waals surface area (Å²) >= 11 is 1.08. The van der Waals surface area contributed by atoms with Crippen LogP contribution in [0.4, 0.5) is 10.1 Å². The molecule has 0 amide bonds. The highest BCUT2D eigenvalue weighted by molar-refractivity contribution is 7.08. The number of aliphatic imine (C=N–C) groups is 1. The van der Waals surface area contributed by atoms with Crippen LogP contribution in [0, 0.1) is 31.0 Å². The summed E-state index contributed by atoms with van der Waals surface area (Å²) < 4.78 is 23.9. The average Bonchev–Trinajstić information content (AvgIpc) is 3.11. The van der Waals surface area contributed by atoms with E-state index in [1.165, 1.54) is 12.1 Å². The number of aryl methyl sites for hydroxylation is 2. The van der Waals surface area contributed by atoms with Crippen molar-refractivity contribution >= 4 is 23.6 Å². The van der Waals surface area contributed by atoms with E-state index in [0.717, 1.165) is 34.9 Å². The van der Waals surface area contributed by atoms with Gasteiger partial charge in [-0.25, -0.2) is 9.38 Å². The minimum atomic E-state index is -0.377. The van der Waals surface area contributed by atoms with Gasteiger partial charge in [0.2, 0.25) is 5.06 Å². The van der Waals surface area contributed by atoms with Crippen LogP contribution in [0.25, 0.3) is 11.3 Å². The van der Waals surface area contributed by atoms with Crippen molar-refractivity contribution in [1.29, 1.82) is 5.26 Å². The lowest BCUT2D eigenvalue weighted by atomic mass is 10.1. The van der Waals surface area contributed by atoms with E-state index in [-0.39, 0.29) is 5.82 Å². The van der Waals surface area contributed by atoms with Gasteiger partial charge in [0, 0.05) is 30.7 Å². The van der Waals surface area contributed by atoms with Crippen molar-refractivity contribution in [2.45, 2.75) is 20.8 Å². The van der Waals surface area contributed by atoms with Gasteiger partial charge in [0.05, 0.1) is 12.0 Å². The van der Waals surface area contributed by atoms with E-state index in [1.807, 2.05) is 37.9 Å². The van der Waals surface area contributed by atoms with E-state index < -0.39 is 0 Å². The summed E-state index contributed by atoms with van der Waals surface area (Å²) in [6, 6.07) is 12.0. The van der Waals surface area contributed by atoms with Crippen molar-refractivity contribution in [3.8, 4) is 28.1 Å². The van der Waals surface area contributed by atoms with Crippen LogP contribution in [0.2, 0.25) is 0 Å². The molecule has 0 aliphatic heterocycles. The molecule has 0 saturated heterocycles. The Labute approximate surface area is 173 Å². The van der Waals surface area contributed by atoms with Crippen LogP contribution in [0.15, 0.2) is 41.4 Å². The van der Waals surface area contributed by atoms with E-state index in [4.69, 9.17) is 4.74 Å². The molecule has 148 valence electrons. The molecule has 0 atom stereocenters. The largest absolute Gasteiger partial charge is 0.443 e. The second-order valence-corrected chi connectivity index (χ2v) is 7.38. The molecule has 0 aliphatic rings. The molecule has 29 heavy (non-hydrogen) atoms. The summed E-state index contributed by atoms with van der Waals surface area (Å²) in [5.74, 6) is 0.259. The number of nitrogens with zero attached hydrogens (tertiary/aromatic N) is 4. The summed E-state index contributed by atoms with van der Waals surface area (Å²) in [7, 11) is 1.96. The first-order valence-corrected chi connectivity index (χ1v) is 9.89. The quantitative estimate of drug-likeness (QED) is 0.380. The van der Waals surface area contributed by atoms with Crippen molar-refractivity contribution in [1.82, 2.24) is 9.27 Å². The molecule has 7 heteroatoms. The first-order valence-electron chi connectivity index (χ1n) is 9.12. The van der Waals surface area contributed by atoms with Gasteiger partial charge in [-0.05, 0) is 56.2 Å². The number of hydrogen-bond acceptors (Lipinski definition) is 5. The SMILES string of the molecule is CCN(C)/C=N\c1cc(C)c(Oc2snc(-c3cccc(F)c3)c2C#N)cc1C. The third kappa shape index (κ3) is 4.61. The monoisotopic (exact) mass is 408 g/mol. The molecule has 3 aromatic rings. The Balaban J connectivity index is 1.92. The van der Waals surface area contributed by atoms with Gasteiger partial charge in [0.25, 0.3) is 0 Å². The Morgan fingerprint density at radius 3 is 2.76 bits per heavy atom. The van der Waals surface area contributed by atoms with Crippen molar-refractivity contribution < 1.29 is 9.13 Å². The van der Waals surface area contributed by atoms with Gasteiger partial charge < -0.3 is 9.64 Å². The van der Waals surface area contributed by atoms with E-state index in [9.17, 15) is 9.65 Å². The van der Waals surface area contributed by atoms with Crippen LogP contribution < -0.4 is 4.74 Å². The summed E-state index contributed by atoms with van der Waals surface area (Å²) in [5.41, 5.74) is 3.98. The molecule has 1 aromatic heterocycles. The molecule has 0 aliphatic carbocycles. The van der Waals surface area contributed by atoms with E-state index in [1.54, 1.807) is 18.5 Å². The Hall–Kier alpha value is -3.24. The van der Waals surface area contributed by atoms with Gasteiger partial charge >= 0.3 is 0 Å². The number of rotatable bonds is 6. The molecule has 2 aromatic carbocycles. The van der Waals surface area contributed by atoms with Crippen molar-refractivity contribution in [3.05, 3.63) is 58.9 Å². The standard InChI is InChI=1S/C22H21FN4OS/c1-5-27(4)13-25-19-9-15(3)20(10-14(19)2)28-22-18(12-24)21(26-29-22)16-7-6-8-17(23)11-16/h6-11,13H,5H2,1-4H3/b25-13-. The Bertz CT molecular complexity index is 1100. The van der Waals surface area contributed by atoms with Crippen molar-refractivity contribution in [2.75, 3.05) is 13.6 Å². The number of nitriles is 1. The summed E-state index contributed by atoms with van der Waals surface area (Å²) in [5, 5.41) is 10.0. The van der Waals surface area contributed by atoms with Crippen molar-refractivity contribution in [2.24, 2.45) is 4.99 Å². The minimum Gasteiger partial charge on any atom is -0.443 e. The molecule has 0 N–H and O–H groups in total. The Kier molecular flexibility index (Phi) is 6.25. The third-order valence-corrected chi connectivity index (χ3v) is 5.19. The Morgan fingerprint density at radius 1 is 1.28 bits per heavy atom. The van der Waals surface area contributed by atoms with E-state index in [2.05, 4.69) is 22.4 Å². The maximum Gasteiger partial charge on any atom is 0.218 e. The summed E-state index contributed by atoms with van der Waals surface area (Å²) in [4.78, 5) is 6.51. The summed E-state index contributed by atoms with van der Waals surface area (Å²) in [6.07, 6.45) is 1.80. The molecule has 3 rings (SSSR count).